The number of aryl methyl sites for hydroxylation is 3. The molecule has 0 N–H and O–H groups in total. The van der Waals surface area contributed by atoms with E-state index in [9.17, 15) is 9.36 Å². The van der Waals surface area contributed by atoms with E-state index >= 15 is 0 Å². The zero-order chi connectivity index (χ0) is 17.7. The van der Waals surface area contributed by atoms with Crippen LogP contribution >= 0.6 is 7.80 Å². The summed E-state index contributed by atoms with van der Waals surface area (Å²) in [6.45, 7) is 5.96. The third-order valence-corrected chi connectivity index (χ3v) is 6.82. The van der Waals surface area contributed by atoms with E-state index in [0.717, 1.165) is 44.0 Å². The Morgan fingerprint density at radius 3 is 2.20 bits per heavy atom. The Balaban J connectivity index is 1.93. The predicted molar refractivity (Wildman–Crippen MR) is 104 cm³/mol. The quantitative estimate of drug-likeness (QED) is 0.400. The van der Waals surface area contributed by atoms with Gasteiger partial charge >= 0.3 is 0 Å². The molecule has 3 aromatic carbocycles. The van der Waals surface area contributed by atoms with Gasteiger partial charge in [0.2, 0.25) is 0 Å². The second-order valence-corrected chi connectivity index (χ2v) is 8.40. The fourth-order valence-corrected chi connectivity index (χ4v) is 5.82. The second kappa shape index (κ2) is 5.82. The molecule has 3 aromatic rings. The average molecular weight is 346 g/mol. The highest BCUT2D eigenvalue weighted by molar-refractivity contribution is 7.63. The molecule has 1 unspecified atom stereocenters. The van der Waals surface area contributed by atoms with E-state index in [4.69, 9.17) is 0 Å². The number of hydrogen-bond acceptors (Lipinski definition) is 2. The van der Waals surface area contributed by atoms with Gasteiger partial charge in [-0.2, -0.15) is 0 Å². The number of carbonyl (C=O) groups is 1. The SMILES string of the molecule is Cc1cc(C)c(C(=O)c2cccc3c2[PH](=O)c2ccccc2-3)c(C)c1. The summed E-state index contributed by atoms with van der Waals surface area (Å²) in [5.74, 6) is -0.0296. The first kappa shape index (κ1) is 16.1. The number of rotatable bonds is 2. The molecule has 1 aliphatic rings. The summed E-state index contributed by atoms with van der Waals surface area (Å²) in [6.07, 6.45) is 0. The van der Waals surface area contributed by atoms with Gasteiger partial charge in [0.1, 0.15) is 7.80 Å². The van der Waals surface area contributed by atoms with Crippen molar-refractivity contribution in [3.05, 3.63) is 82.4 Å². The van der Waals surface area contributed by atoms with Gasteiger partial charge in [0.15, 0.2) is 5.78 Å². The lowest BCUT2D eigenvalue weighted by Gasteiger charge is -2.13. The molecule has 0 saturated heterocycles. The van der Waals surface area contributed by atoms with Crippen molar-refractivity contribution in [2.24, 2.45) is 0 Å². The monoisotopic (exact) mass is 346 g/mol. The van der Waals surface area contributed by atoms with E-state index in [1.807, 2.05) is 75.4 Å². The van der Waals surface area contributed by atoms with Crippen LogP contribution in [0.1, 0.15) is 32.6 Å². The van der Waals surface area contributed by atoms with Crippen molar-refractivity contribution in [2.45, 2.75) is 20.8 Å². The molecule has 0 bridgehead atoms. The molecule has 25 heavy (non-hydrogen) atoms. The smallest absolute Gasteiger partial charge is 0.194 e. The van der Waals surface area contributed by atoms with E-state index in [0.29, 0.717) is 5.56 Å². The zero-order valence-corrected chi connectivity index (χ0v) is 15.5. The third kappa shape index (κ3) is 2.41. The number of fused-ring (bicyclic) bond motifs is 3. The summed E-state index contributed by atoms with van der Waals surface area (Å²) in [5, 5.41) is 1.58. The highest BCUT2D eigenvalue weighted by Crippen LogP contribution is 2.39. The molecule has 1 heterocycles. The van der Waals surface area contributed by atoms with Crippen molar-refractivity contribution in [3.63, 3.8) is 0 Å². The van der Waals surface area contributed by atoms with Crippen LogP contribution < -0.4 is 10.6 Å². The number of benzene rings is 3. The Labute approximate surface area is 148 Å². The van der Waals surface area contributed by atoms with Crippen molar-refractivity contribution in [1.29, 1.82) is 0 Å². The summed E-state index contributed by atoms with van der Waals surface area (Å²) in [7, 11) is -2.16. The van der Waals surface area contributed by atoms with Crippen molar-refractivity contribution in [1.82, 2.24) is 0 Å². The van der Waals surface area contributed by atoms with Gasteiger partial charge in [0.05, 0.1) is 0 Å². The van der Waals surface area contributed by atoms with Gasteiger partial charge in [0, 0.05) is 21.7 Å². The van der Waals surface area contributed by atoms with Crippen LogP contribution in [0, 0.1) is 20.8 Å². The summed E-state index contributed by atoms with van der Waals surface area (Å²) in [6, 6.07) is 17.5. The minimum atomic E-state index is -2.16. The largest absolute Gasteiger partial charge is 0.317 e. The van der Waals surface area contributed by atoms with Crippen molar-refractivity contribution in [3.8, 4) is 11.1 Å². The van der Waals surface area contributed by atoms with Crippen LogP contribution in [0.3, 0.4) is 0 Å². The molecule has 0 fully saturated rings. The summed E-state index contributed by atoms with van der Waals surface area (Å²) in [4.78, 5) is 13.3. The lowest BCUT2D eigenvalue weighted by molar-refractivity contribution is 0.103. The highest BCUT2D eigenvalue weighted by Gasteiger charge is 2.30. The second-order valence-electron chi connectivity index (χ2n) is 6.71. The fourth-order valence-electron chi connectivity index (χ4n) is 3.93. The van der Waals surface area contributed by atoms with Crippen molar-refractivity contribution < 1.29 is 9.36 Å². The lowest BCUT2D eigenvalue weighted by Crippen LogP contribution is -2.16. The van der Waals surface area contributed by atoms with E-state index in [2.05, 4.69) is 0 Å². The molecule has 3 heteroatoms. The fraction of sp³-hybridized carbons (Fsp3) is 0.136. The van der Waals surface area contributed by atoms with Gasteiger partial charge in [-0.05, 0) is 43.0 Å². The predicted octanol–water partition coefficient (Wildman–Crippen LogP) is 4.33. The van der Waals surface area contributed by atoms with E-state index in [-0.39, 0.29) is 5.78 Å². The summed E-state index contributed by atoms with van der Waals surface area (Å²) < 4.78 is 13.1. The summed E-state index contributed by atoms with van der Waals surface area (Å²) in [5.41, 5.74) is 6.31. The maximum absolute atomic E-state index is 13.3. The number of hydrogen-bond donors (Lipinski definition) is 0. The van der Waals surface area contributed by atoms with Crippen LogP contribution in [0.25, 0.3) is 11.1 Å². The molecule has 0 aliphatic carbocycles. The van der Waals surface area contributed by atoms with Gasteiger partial charge in [-0.25, -0.2) is 0 Å². The van der Waals surface area contributed by atoms with Crippen molar-refractivity contribution in [2.75, 3.05) is 0 Å². The molecule has 0 aromatic heterocycles. The first-order valence-corrected chi connectivity index (χ1v) is 9.79. The van der Waals surface area contributed by atoms with E-state index in [1.54, 1.807) is 0 Å². The van der Waals surface area contributed by atoms with Crippen LogP contribution in [0.2, 0.25) is 0 Å². The molecule has 0 radical (unpaired) electrons. The Bertz CT molecular complexity index is 1040. The standard InChI is InChI=1S/C22H19O2P/c1-13-11-14(2)20(15(3)12-13)21(23)18-9-6-8-17-16-7-4-5-10-19(16)25(24)22(17)18/h4-12,25H,1-3H3. The lowest BCUT2D eigenvalue weighted by atomic mass is 9.92. The Morgan fingerprint density at radius 1 is 0.840 bits per heavy atom. The molecule has 2 nitrogen and oxygen atoms in total. The van der Waals surface area contributed by atoms with Gasteiger partial charge in [-0.1, -0.05) is 60.2 Å². The van der Waals surface area contributed by atoms with Gasteiger partial charge in [-0.3, -0.25) is 4.79 Å². The minimum absolute atomic E-state index is 0.0296. The average Bonchev–Trinajstić information content (AvgIpc) is 2.87. The minimum Gasteiger partial charge on any atom is -0.317 e. The molecule has 124 valence electrons. The maximum atomic E-state index is 13.3. The van der Waals surface area contributed by atoms with E-state index in [1.165, 1.54) is 0 Å². The summed E-state index contributed by atoms with van der Waals surface area (Å²) >= 11 is 0. The molecule has 1 atom stereocenters. The van der Waals surface area contributed by atoms with Crippen LogP contribution in [0.5, 0.6) is 0 Å². The Hall–Kier alpha value is -2.44. The number of ketones is 1. The maximum Gasteiger partial charge on any atom is 0.194 e. The zero-order valence-electron chi connectivity index (χ0n) is 14.5. The Kier molecular flexibility index (Phi) is 3.74. The first-order valence-electron chi connectivity index (χ1n) is 8.38. The molecule has 1 aliphatic heterocycles. The molecular formula is C22H19O2P. The van der Waals surface area contributed by atoms with E-state index < -0.39 is 7.80 Å². The third-order valence-electron chi connectivity index (χ3n) is 4.90. The van der Waals surface area contributed by atoms with Crippen molar-refractivity contribution >= 4 is 24.2 Å². The number of carbonyl (C=O) groups excluding carboxylic acids is 1. The van der Waals surface area contributed by atoms with Crippen LogP contribution in [-0.2, 0) is 4.57 Å². The van der Waals surface area contributed by atoms with Gasteiger partial charge in [0.25, 0.3) is 0 Å². The Morgan fingerprint density at radius 2 is 1.48 bits per heavy atom. The van der Waals surface area contributed by atoms with Crippen LogP contribution in [0.4, 0.5) is 0 Å². The van der Waals surface area contributed by atoms with Crippen LogP contribution in [-0.4, -0.2) is 5.78 Å². The molecular weight excluding hydrogens is 327 g/mol. The molecule has 4 rings (SSSR count). The molecule has 0 spiro atoms. The van der Waals surface area contributed by atoms with Crippen LogP contribution in [0.15, 0.2) is 54.6 Å². The van der Waals surface area contributed by atoms with Gasteiger partial charge in [-0.15, -0.1) is 0 Å². The topological polar surface area (TPSA) is 34.1 Å². The van der Waals surface area contributed by atoms with Gasteiger partial charge < -0.3 is 4.57 Å². The highest BCUT2D eigenvalue weighted by atomic mass is 31.1. The normalized spacial score (nSPS) is 14.9. The molecule has 0 saturated carbocycles. The molecule has 0 amide bonds. The first-order chi connectivity index (χ1) is 12.0.